The van der Waals surface area contributed by atoms with E-state index in [2.05, 4.69) is 11.1 Å². The quantitative estimate of drug-likeness (QED) is 0.764. The smallest absolute Gasteiger partial charge is 0.306 e. The number of hydrogen-bond donors (Lipinski definition) is 0. The van der Waals surface area contributed by atoms with Gasteiger partial charge in [0.05, 0.1) is 19.2 Å². The molecule has 1 heterocycles. The number of aryl methyl sites for hydroxylation is 1. The molecule has 1 aliphatic carbocycles. The minimum Gasteiger partial charge on any atom is -0.487 e. The van der Waals surface area contributed by atoms with Gasteiger partial charge in [0.2, 0.25) is 0 Å². The van der Waals surface area contributed by atoms with Crippen LogP contribution in [0.5, 0.6) is 5.75 Å². The fourth-order valence-electron chi connectivity index (χ4n) is 2.97. The predicted molar refractivity (Wildman–Crippen MR) is 87.3 cm³/mol. The number of aromatic nitrogens is 1. The van der Waals surface area contributed by atoms with Crippen LogP contribution >= 0.6 is 0 Å². The number of pyridine rings is 1. The predicted octanol–water partition coefficient (Wildman–Crippen LogP) is 3.64. The molecule has 0 saturated heterocycles. The largest absolute Gasteiger partial charge is 0.487 e. The molecule has 1 aliphatic rings. The first-order chi connectivity index (χ1) is 11.3. The molecule has 0 amide bonds. The van der Waals surface area contributed by atoms with Crippen molar-refractivity contribution in [2.45, 2.75) is 38.7 Å². The third kappa shape index (κ3) is 3.89. The van der Waals surface area contributed by atoms with E-state index in [4.69, 9.17) is 9.47 Å². The van der Waals surface area contributed by atoms with Crippen molar-refractivity contribution in [2.24, 2.45) is 0 Å². The van der Waals surface area contributed by atoms with Crippen LogP contribution in [-0.2, 0) is 22.6 Å². The summed E-state index contributed by atoms with van der Waals surface area (Å²) in [6, 6.07) is 12.1. The summed E-state index contributed by atoms with van der Waals surface area (Å²) in [5.74, 6) is 0.813. The van der Waals surface area contributed by atoms with Crippen molar-refractivity contribution in [1.82, 2.24) is 4.98 Å². The Morgan fingerprint density at radius 1 is 1.30 bits per heavy atom. The van der Waals surface area contributed by atoms with Crippen LogP contribution in [0.2, 0.25) is 0 Å². The van der Waals surface area contributed by atoms with Crippen molar-refractivity contribution >= 4 is 5.97 Å². The topological polar surface area (TPSA) is 48.4 Å². The molecule has 0 fully saturated rings. The van der Waals surface area contributed by atoms with Crippen LogP contribution in [0.4, 0.5) is 0 Å². The maximum Gasteiger partial charge on any atom is 0.306 e. The van der Waals surface area contributed by atoms with Gasteiger partial charge in [0.25, 0.3) is 0 Å². The summed E-state index contributed by atoms with van der Waals surface area (Å²) in [6.45, 7) is 2.79. The number of hydrogen-bond acceptors (Lipinski definition) is 4. The Bertz CT molecular complexity index is 670. The number of fused-ring (bicyclic) bond motifs is 1. The van der Waals surface area contributed by atoms with Crippen molar-refractivity contribution in [1.29, 1.82) is 0 Å². The summed E-state index contributed by atoms with van der Waals surface area (Å²) in [5, 5.41) is 0. The van der Waals surface area contributed by atoms with E-state index in [0.717, 1.165) is 29.8 Å². The van der Waals surface area contributed by atoms with Crippen LogP contribution in [0.3, 0.4) is 0 Å². The number of benzene rings is 1. The van der Waals surface area contributed by atoms with Crippen LogP contribution in [-0.4, -0.2) is 17.6 Å². The molecule has 0 unspecified atom stereocenters. The normalized spacial score (nSPS) is 16.0. The molecule has 1 aromatic carbocycles. The average Bonchev–Trinajstić information content (AvgIpc) is 2.96. The summed E-state index contributed by atoms with van der Waals surface area (Å²) >= 11 is 0. The van der Waals surface area contributed by atoms with Crippen LogP contribution in [0.1, 0.15) is 42.5 Å². The van der Waals surface area contributed by atoms with Gasteiger partial charge in [-0.3, -0.25) is 9.78 Å². The van der Waals surface area contributed by atoms with Crippen LogP contribution in [0.15, 0.2) is 42.6 Å². The maximum atomic E-state index is 11.7. The first-order valence-corrected chi connectivity index (χ1v) is 8.07. The summed E-state index contributed by atoms with van der Waals surface area (Å²) in [5.41, 5.74) is 3.34. The number of esters is 1. The Morgan fingerprint density at radius 3 is 2.91 bits per heavy atom. The van der Waals surface area contributed by atoms with Gasteiger partial charge in [-0.1, -0.05) is 30.3 Å². The summed E-state index contributed by atoms with van der Waals surface area (Å²) in [6.07, 6.45) is 4.06. The zero-order chi connectivity index (χ0) is 16.1. The molecule has 0 saturated carbocycles. The van der Waals surface area contributed by atoms with Gasteiger partial charge in [0.1, 0.15) is 12.4 Å². The van der Waals surface area contributed by atoms with E-state index in [9.17, 15) is 4.79 Å². The van der Waals surface area contributed by atoms with E-state index < -0.39 is 0 Å². The molecule has 0 aliphatic heterocycles. The van der Waals surface area contributed by atoms with Gasteiger partial charge in [-0.25, -0.2) is 0 Å². The zero-order valence-corrected chi connectivity index (χ0v) is 13.3. The highest BCUT2D eigenvalue weighted by Crippen LogP contribution is 2.35. The lowest BCUT2D eigenvalue weighted by molar-refractivity contribution is -0.143. The Hall–Kier alpha value is -2.36. The number of ether oxygens (including phenoxy) is 2. The molecular formula is C19H21NO3. The second-order valence-corrected chi connectivity index (χ2v) is 5.73. The van der Waals surface area contributed by atoms with Gasteiger partial charge < -0.3 is 9.47 Å². The lowest BCUT2D eigenvalue weighted by Crippen LogP contribution is -2.09. The fourth-order valence-corrected chi connectivity index (χ4v) is 2.97. The van der Waals surface area contributed by atoms with E-state index in [1.54, 1.807) is 6.20 Å². The Morgan fingerprint density at radius 2 is 2.13 bits per heavy atom. The molecular weight excluding hydrogens is 290 g/mol. The third-order valence-corrected chi connectivity index (χ3v) is 4.09. The zero-order valence-electron chi connectivity index (χ0n) is 13.3. The minimum atomic E-state index is -0.142. The van der Waals surface area contributed by atoms with Crippen molar-refractivity contribution in [3.63, 3.8) is 0 Å². The van der Waals surface area contributed by atoms with Crippen LogP contribution in [0, 0.1) is 0 Å². The van der Waals surface area contributed by atoms with Crippen molar-refractivity contribution < 1.29 is 14.3 Å². The standard InChI is InChI=1S/C19H21NO3/c1-2-22-18(21)11-16-9-8-15-10-17(12-20-19(15)16)23-13-14-6-4-3-5-7-14/h3-7,10,12,16H,2,8-9,11,13H2,1H3/t16-/m0/s1. The monoisotopic (exact) mass is 311 g/mol. The van der Waals surface area contributed by atoms with E-state index in [-0.39, 0.29) is 11.9 Å². The Balaban J connectivity index is 1.63. The van der Waals surface area contributed by atoms with Gasteiger partial charge in [-0.05, 0) is 37.0 Å². The van der Waals surface area contributed by atoms with Crippen LogP contribution < -0.4 is 4.74 Å². The third-order valence-electron chi connectivity index (χ3n) is 4.09. The molecule has 4 nitrogen and oxygen atoms in total. The molecule has 1 atom stereocenters. The number of rotatable bonds is 6. The number of carbonyl (C=O) groups is 1. The van der Waals surface area contributed by atoms with E-state index in [1.807, 2.05) is 37.3 Å². The molecule has 3 rings (SSSR count). The minimum absolute atomic E-state index is 0.142. The molecule has 1 aromatic heterocycles. The molecule has 0 bridgehead atoms. The molecule has 120 valence electrons. The van der Waals surface area contributed by atoms with E-state index in [0.29, 0.717) is 19.6 Å². The highest BCUT2D eigenvalue weighted by molar-refractivity contribution is 5.70. The second kappa shape index (κ2) is 7.27. The lowest BCUT2D eigenvalue weighted by Gasteiger charge is -2.11. The molecule has 2 aromatic rings. The molecule has 0 radical (unpaired) electrons. The fraction of sp³-hybridized carbons (Fsp3) is 0.368. The number of carbonyl (C=O) groups excluding carboxylic acids is 1. The van der Waals surface area contributed by atoms with Gasteiger partial charge in [0, 0.05) is 11.6 Å². The molecule has 0 spiro atoms. The molecule has 4 heteroatoms. The van der Waals surface area contributed by atoms with Gasteiger partial charge in [-0.15, -0.1) is 0 Å². The van der Waals surface area contributed by atoms with Gasteiger partial charge in [-0.2, -0.15) is 0 Å². The number of nitrogens with zero attached hydrogens (tertiary/aromatic N) is 1. The molecule has 23 heavy (non-hydrogen) atoms. The van der Waals surface area contributed by atoms with Gasteiger partial charge >= 0.3 is 5.97 Å². The lowest BCUT2D eigenvalue weighted by atomic mass is 10.0. The summed E-state index contributed by atoms with van der Waals surface area (Å²) in [4.78, 5) is 16.2. The van der Waals surface area contributed by atoms with Crippen molar-refractivity contribution in [3.8, 4) is 5.75 Å². The highest BCUT2D eigenvalue weighted by Gasteiger charge is 2.27. The Kier molecular flexibility index (Phi) is 4.91. The summed E-state index contributed by atoms with van der Waals surface area (Å²) < 4.78 is 10.9. The molecule has 0 N–H and O–H groups in total. The second-order valence-electron chi connectivity index (χ2n) is 5.73. The first kappa shape index (κ1) is 15.5. The summed E-state index contributed by atoms with van der Waals surface area (Å²) in [7, 11) is 0. The SMILES string of the molecule is CCOC(=O)C[C@@H]1CCc2cc(OCc3ccccc3)cnc21. The van der Waals surface area contributed by atoms with Gasteiger partial charge in [0.15, 0.2) is 0 Å². The first-order valence-electron chi connectivity index (χ1n) is 8.07. The van der Waals surface area contributed by atoms with Crippen LogP contribution in [0.25, 0.3) is 0 Å². The highest BCUT2D eigenvalue weighted by atomic mass is 16.5. The average molecular weight is 311 g/mol. The van der Waals surface area contributed by atoms with Crippen molar-refractivity contribution in [2.75, 3.05) is 6.61 Å². The maximum absolute atomic E-state index is 11.7. The van der Waals surface area contributed by atoms with Crippen molar-refractivity contribution in [3.05, 3.63) is 59.4 Å². The van der Waals surface area contributed by atoms with E-state index >= 15 is 0 Å². The Labute approximate surface area is 136 Å². The van der Waals surface area contributed by atoms with E-state index in [1.165, 1.54) is 5.56 Å².